The number of anilines is 1. The average molecular weight is 628 g/mol. The SMILES string of the molecule is COc1ccc(-n2nc(C(F)(F)F)c3c2C(=O)N(c2ccc(C(=O)N(C)C)cc2)CC3)c(C(=O)N2CCC3(CC2)OCCO3)c1. The molecule has 0 N–H and O–H groups in total. The first-order chi connectivity index (χ1) is 21.4. The summed E-state index contributed by atoms with van der Waals surface area (Å²) in [6, 6.07) is 10.7. The van der Waals surface area contributed by atoms with E-state index >= 15 is 0 Å². The van der Waals surface area contributed by atoms with E-state index in [1.807, 2.05) is 0 Å². The number of benzene rings is 2. The molecule has 3 aliphatic heterocycles. The molecule has 1 spiro atoms. The molecule has 2 aromatic carbocycles. The highest BCUT2D eigenvalue weighted by Gasteiger charge is 2.45. The van der Waals surface area contributed by atoms with Gasteiger partial charge in [-0.1, -0.05) is 0 Å². The number of hydrogen-bond donors (Lipinski definition) is 0. The summed E-state index contributed by atoms with van der Waals surface area (Å²) in [5.74, 6) is -1.81. The maximum atomic E-state index is 14.3. The molecule has 0 bridgehead atoms. The number of carbonyl (C=O) groups excluding carboxylic acids is 3. The van der Waals surface area contributed by atoms with Crippen molar-refractivity contribution in [3.63, 3.8) is 0 Å². The van der Waals surface area contributed by atoms with E-state index in [4.69, 9.17) is 14.2 Å². The van der Waals surface area contributed by atoms with Gasteiger partial charge >= 0.3 is 6.18 Å². The monoisotopic (exact) mass is 627 g/mol. The number of likely N-dealkylation sites (tertiary alicyclic amines) is 1. The third kappa shape index (κ3) is 5.52. The molecule has 0 saturated carbocycles. The van der Waals surface area contributed by atoms with Crippen LogP contribution >= 0.6 is 0 Å². The predicted molar refractivity (Wildman–Crippen MR) is 155 cm³/mol. The van der Waals surface area contributed by atoms with Gasteiger partial charge in [0.1, 0.15) is 11.4 Å². The summed E-state index contributed by atoms with van der Waals surface area (Å²) in [4.78, 5) is 44.6. The Labute approximate surface area is 257 Å². The summed E-state index contributed by atoms with van der Waals surface area (Å²) < 4.78 is 60.7. The van der Waals surface area contributed by atoms with Crippen molar-refractivity contribution in [3.8, 4) is 11.4 Å². The number of fused-ring (bicyclic) bond motifs is 1. The summed E-state index contributed by atoms with van der Waals surface area (Å²) in [5.41, 5.74) is -0.847. The van der Waals surface area contributed by atoms with Crippen molar-refractivity contribution in [2.75, 3.05) is 59.0 Å². The van der Waals surface area contributed by atoms with E-state index in [2.05, 4.69) is 5.10 Å². The number of rotatable bonds is 5. The Bertz CT molecular complexity index is 1640. The second kappa shape index (κ2) is 11.5. The van der Waals surface area contributed by atoms with Crippen LogP contribution in [-0.4, -0.2) is 97.1 Å². The van der Waals surface area contributed by atoms with Gasteiger partial charge in [-0.25, -0.2) is 4.68 Å². The van der Waals surface area contributed by atoms with Crippen LogP contribution in [0.3, 0.4) is 0 Å². The van der Waals surface area contributed by atoms with Crippen molar-refractivity contribution in [1.29, 1.82) is 0 Å². The van der Waals surface area contributed by atoms with Crippen molar-refractivity contribution >= 4 is 23.4 Å². The summed E-state index contributed by atoms with van der Waals surface area (Å²) >= 11 is 0. The number of hydrogen-bond acceptors (Lipinski definition) is 7. The lowest BCUT2D eigenvalue weighted by molar-refractivity contribution is -0.181. The maximum absolute atomic E-state index is 14.3. The summed E-state index contributed by atoms with van der Waals surface area (Å²) in [5, 5.41) is 3.91. The fraction of sp³-hybridized carbons (Fsp3) is 0.419. The van der Waals surface area contributed by atoms with E-state index in [0.717, 1.165) is 4.68 Å². The number of methoxy groups -OCH3 is 1. The lowest BCUT2D eigenvalue weighted by atomic mass is 10.0. The zero-order valence-corrected chi connectivity index (χ0v) is 25.0. The quantitative estimate of drug-likeness (QED) is 0.424. The van der Waals surface area contributed by atoms with Crippen LogP contribution in [0.1, 0.15) is 55.3 Å². The van der Waals surface area contributed by atoms with Gasteiger partial charge in [0.2, 0.25) is 0 Å². The average Bonchev–Trinajstić information content (AvgIpc) is 3.66. The smallest absolute Gasteiger partial charge is 0.435 e. The molecule has 3 aliphatic rings. The van der Waals surface area contributed by atoms with E-state index in [9.17, 15) is 27.6 Å². The minimum absolute atomic E-state index is 0.0170. The van der Waals surface area contributed by atoms with Crippen LogP contribution < -0.4 is 9.64 Å². The van der Waals surface area contributed by atoms with Gasteiger partial charge in [-0.3, -0.25) is 14.4 Å². The topological polar surface area (TPSA) is 106 Å². The summed E-state index contributed by atoms with van der Waals surface area (Å²) in [6.45, 7) is 1.53. The Morgan fingerprint density at radius 2 is 1.67 bits per heavy atom. The standard InChI is InChI=1S/C31H32F3N5O6/c1-36(2)27(40)19-4-6-20(7-5-19)38-13-10-22-25(29(38)42)39(35-26(22)31(32,33)34)24-9-8-21(43-3)18-23(24)28(41)37-14-11-30(12-15-37)44-16-17-45-30/h4-9,18H,10-17H2,1-3H3. The van der Waals surface area contributed by atoms with Crippen LogP contribution in [0.2, 0.25) is 0 Å². The second-order valence-corrected chi connectivity index (χ2v) is 11.3. The number of ether oxygens (including phenoxy) is 3. The molecule has 11 nitrogen and oxygen atoms in total. The second-order valence-electron chi connectivity index (χ2n) is 11.3. The molecule has 0 atom stereocenters. The van der Waals surface area contributed by atoms with Gasteiger partial charge in [-0.15, -0.1) is 0 Å². The number of piperidine rings is 1. The molecule has 2 fully saturated rings. The van der Waals surface area contributed by atoms with Crippen molar-refractivity contribution in [2.24, 2.45) is 0 Å². The Kier molecular flexibility index (Phi) is 7.81. The van der Waals surface area contributed by atoms with Gasteiger partial charge in [0.05, 0.1) is 31.6 Å². The number of amides is 3. The van der Waals surface area contributed by atoms with Crippen LogP contribution in [0.15, 0.2) is 42.5 Å². The molecule has 0 radical (unpaired) electrons. The van der Waals surface area contributed by atoms with Crippen LogP contribution in [0.25, 0.3) is 5.69 Å². The highest BCUT2D eigenvalue weighted by atomic mass is 19.4. The van der Waals surface area contributed by atoms with E-state index in [1.165, 1.54) is 35.1 Å². The van der Waals surface area contributed by atoms with Crippen molar-refractivity contribution in [2.45, 2.75) is 31.2 Å². The first-order valence-corrected chi connectivity index (χ1v) is 14.5. The molecule has 45 heavy (non-hydrogen) atoms. The van der Waals surface area contributed by atoms with Crippen molar-refractivity contribution in [1.82, 2.24) is 19.6 Å². The number of nitrogens with zero attached hydrogens (tertiary/aromatic N) is 5. The highest BCUT2D eigenvalue weighted by Crippen LogP contribution is 2.39. The number of halogens is 3. The zero-order chi connectivity index (χ0) is 32.1. The molecule has 0 aliphatic carbocycles. The van der Waals surface area contributed by atoms with Crippen LogP contribution in [-0.2, 0) is 22.1 Å². The molecule has 4 heterocycles. The molecule has 3 amide bonds. The minimum atomic E-state index is -4.84. The largest absolute Gasteiger partial charge is 0.497 e. The number of carbonyl (C=O) groups is 3. The van der Waals surface area contributed by atoms with Gasteiger partial charge < -0.3 is 28.9 Å². The summed E-state index contributed by atoms with van der Waals surface area (Å²) in [6.07, 6.45) is -4.08. The number of alkyl halides is 3. The van der Waals surface area contributed by atoms with Crippen LogP contribution in [0.4, 0.5) is 18.9 Å². The third-order valence-corrected chi connectivity index (χ3v) is 8.41. The van der Waals surface area contributed by atoms with Gasteiger partial charge in [0.25, 0.3) is 17.7 Å². The van der Waals surface area contributed by atoms with E-state index in [0.29, 0.717) is 56.1 Å². The van der Waals surface area contributed by atoms with Crippen molar-refractivity contribution in [3.05, 3.63) is 70.5 Å². The van der Waals surface area contributed by atoms with E-state index in [1.54, 1.807) is 43.3 Å². The molecular formula is C31H32F3N5O6. The first-order valence-electron chi connectivity index (χ1n) is 14.5. The zero-order valence-electron chi connectivity index (χ0n) is 25.0. The molecule has 3 aromatic rings. The van der Waals surface area contributed by atoms with Gasteiger partial charge in [0.15, 0.2) is 11.5 Å². The Morgan fingerprint density at radius 3 is 2.27 bits per heavy atom. The van der Waals surface area contributed by atoms with Crippen LogP contribution in [0, 0.1) is 0 Å². The first kappa shape index (κ1) is 30.6. The highest BCUT2D eigenvalue weighted by molar-refractivity contribution is 6.08. The molecule has 0 unspecified atom stereocenters. The normalized spacial score (nSPS) is 17.9. The molecule has 14 heteroatoms. The van der Waals surface area contributed by atoms with Crippen molar-refractivity contribution < 1.29 is 41.8 Å². The molecule has 238 valence electrons. The summed E-state index contributed by atoms with van der Waals surface area (Å²) in [7, 11) is 4.65. The fourth-order valence-corrected chi connectivity index (χ4v) is 6.06. The molecule has 2 saturated heterocycles. The molecule has 1 aromatic heterocycles. The van der Waals surface area contributed by atoms with Gasteiger partial charge in [-0.2, -0.15) is 18.3 Å². The maximum Gasteiger partial charge on any atom is 0.435 e. The van der Waals surface area contributed by atoms with Crippen LogP contribution in [0.5, 0.6) is 5.75 Å². The lowest BCUT2D eigenvalue weighted by Gasteiger charge is -2.37. The molecular weight excluding hydrogens is 595 g/mol. The van der Waals surface area contributed by atoms with Gasteiger partial charge in [0, 0.05) is 63.4 Å². The van der Waals surface area contributed by atoms with E-state index < -0.39 is 29.5 Å². The lowest BCUT2D eigenvalue weighted by Crippen LogP contribution is -2.47. The van der Waals surface area contributed by atoms with E-state index in [-0.39, 0.29) is 41.4 Å². The Morgan fingerprint density at radius 1 is 1.00 bits per heavy atom. The predicted octanol–water partition coefficient (Wildman–Crippen LogP) is 3.78. The Hall–Kier alpha value is -4.43. The molecule has 6 rings (SSSR count). The third-order valence-electron chi connectivity index (χ3n) is 8.41. The Balaban J connectivity index is 1.40. The fourth-order valence-electron chi connectivity index (χ4n) is 6.06. The van der Waals surface area contributed by atoms with Gasteiger partial charge in [-0.05, 0) is 48.9 Å². The number of aromatic nitrogens is 2. The minimum Gasteiger partial charge on any atom is -0.497 e.